The van der Waals surface area contributed by atoms with Gasteiger partial charge in [-0.3, -0.25) is 4.79 Å². The largest absolute Gasteiger partial charge is 0.356 e. The van der Waals surface area contributed by atoms with Crippen molar-refractivity contribution in [1.82, 2.24) is 10.6 Å². The molecule has 3 heteroatoms. The van der Waals surface area contributed by atoms with Crippen LogP contribution in [0.4, 0.5) is 0 Å². The number of carbonyl (C=O) groups excluding carboxylic acids is 1. The molecule has 1 aliphatic heterocycles. The molecule has 1 heterocycles. The highest BCUT2D eigenvalue weighted by Crippen LogP contribution is 2.31. The van der Waals surface area contributed by atoms with E-state index in [0.717, 1.165) is 38.4 Å². The molecule has 2 fully saturated rings. The molecule has 0 aromatic carbocycles. The van der Waals surface area contributed by atoms with Crippen LogP contribution in [-0.4, -0.2) is 25.5 Å². The molecule has 3 nitrogen and oxygen atoms in total. The van der Waals surface area contributed by atoms with E-state index < -0.39 is 0 Å². The van der Waals surface area contributed by atoms with Crippen molar-refractivity contribution in [3.8, 4) is 0 Å². The Morgan fingerprint density at radius 2 is 2.25 bits per heavy atom. The maximum Gasteiger partial charge on any atom is 0.223 e. The van der Waals surface area contributed by atoms with E-state index in [1.54, 1.807) is 0 Å². The van der Waals surface area contributed by atoms with Gasteiger partial charge in [0.2, 0.25) is 5.91 Å². The minimum atomic E-state index is 0.293. The highest BCUT2D eigenvalue weighted by atomic mass is 16.1. The molecular weight excluding hydrogens is 200 g/mol. The Morgan fingerprint density at radius 3 is 2.88 bits per heavy atom. The van der Waals surface area contributed by atoms with Crippen LogP contribution in [0.2, 0.25) is 0 Å². The zero-order valence-corrected chi connectivity index (χ0v) is 10.3. The van der Waals surface area contributed by atoms with Gasteiger partial charge in [0, 0.05) is 12.5 Å². The van der Waals surface area contributed by atoms with Crippen molar-refractivity contribution >= 4 is 5.91 Å². The van der Waals surface area contributed by atoms with Gasteiger partial charge in [-0.1, -0.05) is 13.3 Å². The number of amides is 1. The quantitative estimate of drug-likeness (QED) is 0.760. The number of hydrogen-bond donors (Lipinski definition) is 2. The lowest BCUT2D eigenvalue weighted by Gasteiger charge is -2.16. The Labute approximate surface area is 98.4 Å². The van der Waals surface area contributed by atoms with Crippen molar-refractivity contribution in [2.24, 2.45) is 17.8 Å². The number of rotatable bonds is 4. The summed E-state index contributed by atoms with van der Waals surface area (Å²) in [6, 6.07) is 0. The lowest BCUT2D eigenvalue weighted by atomic mass is 9.97. The molecule has 1 saturated carbocycles. The zero-order valence-electron chi connectivity index (χ0n) is 10.3. The van der Waals surface area contributed by atoms with Gasteiger partial charge in [-0.15, -0.1) is 0 Å². The smallest absolute Gasteiger partial charge is 0.223 e. The van der Waals surface area contributed by atoms with E-state index in [2.05, 4.69) is 17.6 Å². The summed E-state index contributed by atoms with van der Waals surface area (Å²) in [5, 5.41) is 6.48. The zero-order chi connectivity index (χ0) is 11.4. The second kappa shape index (κ2) is 5.67. The Balaban J connectivity index is 1.63. The molecule has 3 unspecified atom stereocenters. The Kier molecular flexibility index (Phi) is 4.22. The summed E-state index contributed by atoms with van der Waals surface area (Å²) in [7, 11) is 0. The first-order valence-corrected chi connectivity index (χ1v) is 6.76. The van der Waals surface area contributed by atoms with E-state index >= 15 is 0 Å². The van der Waals surface area contributed by atoms with Gasteiger partial charge >= 0.3 is 0 Å². The maximum absolute atomic E-state index is 11.9. The molecule has 0 radical (unpaired) electrons. The van der Waals surface area contributed by atoms with Gasteiger partial charge in [-0.25, -0.2) is 0 Å². The van der Waals surface area contributed by atoms with Crippen molar-refractivity contribution in [2.45, 2.75) is 39.0 Å². The molecular formula is C13H24N2O. The second-order valence-corrected chi connectivity index (χ2v) is 5.45. The van der Waals surface area contributed by atoms with Crippen LogP contribution in [0.25, 0.3) is 0 Å². The standard InChI is InChI=1S/C13H24N2O/c1-10-3-2-4-12(10)13(16)15-8-6-11-5-7-14-9-11/h10-12,14H,2-9H2,1H3,(H,15,16). The molecule has 1 aliphatic carbocycles. The van der Waals surface area contributed by atoms with Crippen LogP contribution >= 0.6 is 0 Å². The number of nitrogens with one attached hydrogen (secondary N) is 2. The van der Waals surface area contributed by atoms with Gasteiger partial charge in [0.25, 0.3) is 0 Å². The third kappa shape index (κ3) is 2.97. The maximum atomic E-state index is 11.9. The van der Waals surface area contributed by atoms with Crippen LogP contribution in [0.1, 0.15) is 39.0 Å². The number of carbonyl (C=O) groups is 1. The molecule has 1 saturated heterocycles. The fraction of sp³-hybridized carbons (Fsp3) is 0.923. The molecule has 16 heavy (non-hydrogen) atoms. The van der Waals surface area contributed by atoms with Crippen LogP contribution in [0.5, 0.6) is 0 Å². The summed E-state index contributed by atoms with van der Waals surface area (Å²) in [5.41, 5.74) is 0. The van der Waals surface area contributed by atoms with Crippen molar-refractivity contribution < 1.29 is 4.79 Å². The summed E-state index contributed by atoms with van der Waals surface area (Å²) < 4.78 is 0. The van der Waals surface area contributed by atoms with E-state index in [9.17, 15) is 4.79 Å². The first kappa shape index (κ1) is 11.9. The van der Waals surface area contributed by atoms with Crippen molar-refractivity contribution in [2.75, 3.05) is 19.6 Å². The molecule has 92 valence electrons. The third-order valence-electron chi connectivity index (χ3n) is 4.21. The minimum absolute atomic E-state index is 0.293. The van der Waals surface area contributed by atoms with Gasteiger partial charge < -0.3 is 10.6 Å². The SMILES string of the molecule is CC1CCCC1C(=O)NCCC1CCNC1. The highest BCUT2D eigenvalue weighted by Gasteiger charge is 2.29. The molecule has 2 rings (SSSR count). The summed E-state index contributed by atoms with van der Waals surface area (Å²) >= 11 is 0. The van der Waals surface area contributed by atoms with Gasteiger partial charge in [-0.05, 0) is 50.6 Å². The Bertz CT molecular complexity index is 236. The van der Waals surface area contributed by atoms with Crippen LogP contribution in [0, 0.1) is 17.8 Å². The summed E-state index contributed by atoms with van der Waals surface area (Å²) in [4.78, 5) is 11.9. The van der Waals surface area contributed by atoms with Crippen LogP contribution in [0.3, 0.4) is 0 Å². The second-order valence-electron chi connectivity index (χ2n) is 5.45. The van der Waals surface area contributed by atoms with E-state index in [1.165, 1.54) is 19.3 Å². The molecule has 3 atom stereocenters. The predicted molar refractivity (Wildman–Crippen MR) is 65.1 cm³/mol. The van der Waals surface area contributed by atoms with Gasteiger partial charge in [0.05, 0.1) is 0 Å². The predicted octanol–water partition coefficient (Wildman–Crippen LogP) is 1.54. The molecule has 2 aliphatic rings. The number of hydrogen-bond acceptors (Lipinski definition) is 2. The van der Waals surface area contributed by atoms with Crippen LogP contribution in [-0.2, 0) is 4.79 Å². The monoisotopic (exact) mass is 224 g/mol. The summed E-state index contributed by atoms with van der Waals surface area (Å²) in [5.74, 6) is 1.96. The van der Waals surface area contributed by atoms with Crippen LogP contribution in [0.15, 0.2) is 0 Å². The van der Waals surface area contributed by atoms with E-state index in [4.69, 9.17) is 0 Å². The van der Waals surface area contributed by atoms with E-state index in [0.29, 0.717) is 17.7 Å². The van der Waals surface area contributed by atoms with Crippen molar-refractivity contribution in [1.29, 1.82) is 0 Å². The Morgan fingerprint density at radius 1 is 1.38 bits per heavy atom. The molecule has 0 aromatic heterocycles. The molecule has 1 amide bonds. The lowest BCUT2D eigenvalue weighted by molar-refractivity contribution is -0.125. The van der Waals surface area contributed by atoms with Gasteiger partial charge in [0.15, 0.2) is 0 Å². The average molecular weight is 224 g/mol. The van der Waals surface area contributed by atoms with Crippen molar-refractivity contribution in [3.63, 3.8) is 0 Å². The van der Waals surface area contributed by atoms with Crippen molar-refractivity contribution in [3.05, 3.63) is 0 Å². The van der Waals surface area contributed by atoms with Gasteiger partial charge in [-0.2, -0.15) is 0 Å². The normalized spacial score (nSPS) is 34.2. The molecule has 2 N–H and O–H groups in total. The molecule has 0 bridgehead atoms. The fourth-order valence-corrected chi connectivity index (χ4v) is 3.03. The average Bonchev–Trinajstić information content (AvgIpc) is 2.88. The summed E-state index contributed by atoms with van der Waals surface area (Å²) in [6.07, 6.45) is 5.96. The first-order valence-electron chi connectivity index (χ1n) is 6.76. The topological polar surface area (TPSA) is 41.1 Å². The molecule has 0 aromatic rings. The van der Waals surface area contributed by atoms with E-state index in [1.807, 2.05) is 0 Å². The molecule has 0 spiro atoms. The fourth-order valence-electron chi connectivity index (χ4n) is 3.03. The van der Waals surface area contributed by atoms with Gasteiger partial charge in [0.1, 0.15) is 0 Å². The summed E-state index contributed by atoms with van der Waals surface area (Å²) in [6.45, 7) is 5.36. The van der Waals surface area contributed by atoms with E-state index in [-0.39, 0.29) is 0 Å². The lowest BCUT2D eigenvalue weighted by Crippen LogP contribution is -2.33. The highest BCUT2D eigenvalue weighted by molar-refractivity contribution is 5.79. The first-order chi connectivity index (χ1) is 7.77. The van der Waals surface area contributed by atoms with Crippen LogP contribution < -0.4 is 10.6 Å². The third-order valence-corrected chi connectivity index (χ3v) is 4.21. The minimum Gasteiger partial charge on any atom is -0.356 e. The Hall–Kier alpha value is -0.570.